The zero-order chi connectivity index (χ0) is 27.4. The summed E-state index contributed by atoms with van der Waals surface area (Å²) in [6.07, 6.45) is -0.909. The van der Waals surface area contributed by atoms with E-state index in [9.17, 15) is 18.0 Å². The molecular weight excluding hydrogens is 547 g/mol. The molecule has 5 aromatic rings. The lowest BCUT2D eigenvalue weighted by Gasteiger charge is -2.08. The zero-order valence-corrected chi connectivity index (χ0v) is 21.8. The van der Waals surface area contributed by atoms with Gasteiger partial charge >= 0.3 is 6.18 Å². The molecular formula is C28H21ClF3N5OS. The van der Waals surface area contributed by atoms with Crippen molar-refractivity contribution in [1.29, 1.82) is 0 Å². The van der Waals surface area contributed by atoms with Crippen LogP contribution in [0.2, 0.25) is 5.02 Å². The molecule has 0 aliphatic heterocycles. The van der Waals surface area contributed by atoms with Gasteiger partial charge in [-0.05, 0) is 42.0 Å². The van der Waals surface area contributed by atoms with Gasteiger partial charge in [-0.25, -0.2) is 10.4 Å². The van der Waals surface area contributed by atoms with Gasteiger partial charge in [0.15, 0.2) is 5.13 Å². The van der Waals surface area contributed by atoms with Gasteiger partial charge < -0.3 is 9.88 Å². The Morgan fingerprint density at radius 2 is 1.90 bits per heavy atom. The largest absolute Gasteiger partial charge is 0.416 e. The summed E-state index contributed by atoms with van der Waals surface area (Å²) in [4.78, 5) is 16.7. The fraction of sp³-hybridized carbons (Fsp3) is 0.107. The summed E-state index contributed by atoms with van der Waals surface area (Å²) in [5.74, 6) is -0.371. The van der Waals surface area contributed by atoms with Gasteiger partial charge in [-0.2, -0.15) is 18.3 Å². The van der Waals surface area contributed by atoms with Gasteiger partial charge in [0.1, 0.15) is 0 Å². The van der Waals surface area contributed by atoms with Crippen molar-refractivity contribution >= 4 is 56.8 Å². The number of hydrogen-bond donors (Lipinski definition) is 2. The van der Waals surface area contributed by atoms with E-state index in [0.29, 0.717) is 22.4 Å². The van der Waals surface area contributed by atoms with Crippen LogP contribution in [-0.4, -0.2) is 21.7 Å². The van der Waals surface area contributed by atoms with Gasteiger partial charge in [0.2, 0.25) is 5.91 Å². The Kier molecular flexibility index (Phi) is 7.67. The van der Waals surface area contributed by atoms with Gasteiger partial charge in [-0.3, -0.25) is 4.79 Å². The molecule has 0 unspecified atom stereocenters. The second kappa shape index (κ2) is 11.3. The standard InChI is InChI=1S/C28H21ClF3N5OS/c29-21-7-3-5-18(11-21)15-37-16-19(24-9-1-2-10-25(24)37)14-33-36-26(38)13-23-17-39-27(35-23)34-22-8-4-6-20(12-22)28(30,31)32/h1-12,14,16-17H,13,15H2,(H,34,35)(H,36,38)/b33-14-. The average molecular weight is 568 g/mol. The summed E-state index contributed by atoms with van der Waals surface area (Å²) in [6, 6.07) is 20.4. The van der Waals surface area contributed by atoms with Crippen LogP contribution in [0.3, 0.4) is 0 Å². The van der Waals surface area contributed by atoms with Crippen LogP contribution < -0.4 is 10.7 Å². The molecule has 5 rings (SSSR count). The molecule has 198 valence electrons. The first-order valence-corrected chi connectivity index (χ1v) is 13.0. The van der Waals surface area contributed by atoms with Crippen molar-refractivity contribution in [2.24, 2.45) is 5.10 Å². The van der Waals surface area contributed by atoms with E-state index in [0.717, 1.165) is 34.2 Å². The van der Waals surface area contributed by atoms with E-state index in [1.165, 1.54) is 23.5 Å². The van der Waals surface area contributed by atoms with E-state index in [1.54, 1.807) is 11.6 Å². The summed E-state index contributed by atoms with van der Waals surface area (Å²) in [5.41, 5.74) is 5.42. The van der Waals surface area contributed by atoms with E-state index in [2.05, 4.69) is 25.4 Å². The number of aromatic nitrogens is 2. The number of carbonyl (C=O) groups is 1. The first kappa shape index (κ1) is 26.5. The third-order valence-electron chi connectivity index (χ3n) is 5.79. The highest BCUT2D eigenvalue weighted by Gasteiger charge is 2.30. The predicted octanol–water partition coefficient (Wildman–Crippen LogP) is 7.25. The number of nitrogens with one attached hydrogen (secondary N) is 2. The van der Waals surface area contributed by atoms with E-state index >= 15 is 0 Å². The smallest absolute Gasteiger partial charge is 0.342 e. The third kappa shape index (κ3) is 6.65. The molecule has 0 saturated heterocycles. The molecule has 2 heterocycles. The quantitative estimate of drug-likeness (QED) is 0.153. The molecule has 1 amide bonds. The van der Waals surface area contributed by atoms with Crippen LogP contribution in [-0.2, 0) is 23.9 Å². The fourth-order valence-corrected chi connectivity index (χ4v) is 5.00. The first-order valence-electron chi connectivity index (χ1n) is 11.8. The number of benzene rings is 3. The Bertz CT molecular complexity index is 1660. The molecule has 0 saturated carbocycles. The number of hydrazone groups is 1. The Morgan fingerprint density at radius 1 is 1.08 bits per heavy atom. The van der Waals surface area contributed by atoms with Gasteiger partial charge in [0.05, 0.1) is 23.9 Å². The van der Waals surface area contributed by atoms with Gasteiger partial charge in [-0.1, -0.05) is 48.0 Å². The minimum absolute atomic E-state index is 0.0331. The molecule has 3 aromatic carbocycles. The number of fused-ring (bicyclic) bond motifs is 1. The van der Waals surface area contributed by atoms with Crippen LogP contribution in [0.1, 0.15) is 22.4 Å². The molecule has 2 N–H and O–H groups in total. The van der Waals surface area contributed by atoms with Crippen molar-refractivity contribution in [3.8, 4) is 0 Å². The molecule has 0 atom stereocenters. The maximum Gasteiger partial charge on any atom is 0.416 e. The van der Waals surface area contributed by atoms with E-state index in [-0.39, 0.29) is 18.0 Å². The molecule has 0 bridgehead atoms. The Balaban J connectivity index is 1.21. The normalized spacial score (nSPS) is 11.8. The highest BCUT2D eigenvalue weighted by atomic mass is 35.5. The molecule has 0 aliphatic carbocycles. The monoisotopic (exact) mass is 567 g/mol. The van der Waals surface area contributed by atoms with Gasteiger partial charge in [0.25, 0.3) is 0 Å². The van der Waals surface area contributed by atoms with Crippen LogP contribution in [0.5, 0.6) is 0 Å². The number of para-hydroxylation sites is 1. The lowest BCUT2D eigenvalue weighted by Crippen LogP contribution is -2.19. The topological polar surface area (TPSA) is 71.3 Å². The van der Waals surface area contributed by atoms with Crippen LogP contribution in [0.15, 0.2) is 89.5 Å². The highest BCUT2D eigenvalue weighted by Crippen LogP contribution is 2.32. The molecule has 11 heteroatoms. The number of halogens is 4. The summed E-state index contributed by atoms with van der Waals surface area (Å²) < 4.78 is 40.9. The lowest BCUT2D eigenvalue weighted by molar-refractivity contribution is -0.137. The van der Waals surface area contributed by atoms with Crippen molar-refractivity contribution in [3.05, 3.63) is 112 Å². The SMILES string of the molecule is O=C(Cc1csc(Nc2cccc(C(F)(F)F)c2)n1)N/N=C\c1cn(Cc2cccc(Cl)c2)c2ccccc12. The molecule has 0 radical (unpaired) electrons. The second-order valence-electron chi connectivity index (χ2n) is 8.68. The van der Waals surface area contributed by atoms with Crippen molar-refractivity contribution in [2.75, 3.05) is 5.32 Å². The minimum atomic E-state index is -4.44. The van der Waals surface area contributed by atoms with Crippen molar-refractivity contribution in [1.82, 2.24) is 15.0 Å². The maximum absolute atomic E-state index is 12.9. The molecule has 6 nitrogen and oxygen atoms in total. The zero-order valence-electron chi connectivity index (χ0n) is 20.2. The second-order valence-corrected chi connectivity index (χ2v) is 9.97. The lowest BCUT2D eigenvalue weighted by atomic mass is 10.2. The van der Waals surface area contributed by atoms with Crippen LogP contribution >= 0.6 is 22.9 Å². The maximum atomic E-state index is 12.9. The summed E-state index contributed by atoms with van der Waals surface area (Å²) in [5, 5.41) is 10.7. The van der Waals surface area contributed by atoms with Crippen LogP contribution in [0.25, 0.3) is 10.9 Å². The number of thiazole rings is 1. The third-order valence-corrected chi connectivity index (χ3v) is 6.83. The summed E-state index contributed by atoms with van der Waals surface area (Å²) >= 11 is 7.33. The van der Waals surface area contributed by atoms with Gasteiger partial charge in [-0.15, -0.1) is 11.3 Å². The molecule has 0 aliphatic rings. The Labute approximate surface area is 230 Å². The fourth-order valence-electron chi connectivity index (χ4n) is 4.06. The average Bonchev–Trinajstić information content (AvgIpc) is 3.48. The molecule has 39 heavy (non-hydrogen) atoms. The Morgan fingerprint density at radius 3 is 2.72 bits per heavy atom. The van der Waals surface area contributed by atoms with E-state index in [1.807, 2.05) is 54.7 Å². The minimum Gasteiger partial charge on any atom is -0.342 e. The van der Waals surface area contributed by atoms with Crippen LogP contribution in [0.4, 0.5) is 24.0 Å². The summed E-state index contributed by atoms with van der Waals surface area (Å²) in [7, 11) is 0. The number of anilines is 2. The van der Waals surface area contributed by atoms with Crippen molar-refractivity contribution in [2.45, 2.75) is 19.1 Å². The number of rotatable bonds is 8. The van der Waals surface area contributed by atoms with Crippen LogP contribution in [0, 0.1) is 0 Å². The number of carbonyl (C=O) groups excluding carboxylic acids is 1. The Hall–Kier alpha value is -4.15. The predicted molar refractivity (Wildman–Crippen MR) is 149 cm³/mol. The van der Waals surface area contributed by atoms with E-state index < -0.39 is 11.7 Å². The molecule has 0 spiro atoms. The highest BCUT2D eigenvalue weighted by molar-refractivity contribution is 7.13. The van der Waals surface area contributed by atoms with Gasteiger partial charge in [0, 0.05) is 45.3 Å². The molecule has 2 aromatic heterocycles. The number of amides is 1. The van der Waals surface area contributed by atoms with Crippen molar-refractivity contribution < 1.29 is 18.0 Å². The first-order chi connectivity index (χ1) is 18.7. The number of hydrogen-bond acceptors (Lipinski definition) is 5. The van der Waals surface area contributed by atoms with E-state index in [4.69, 9.17) is 11.6 Å². The summed E-state index contributed by atoms with van der Waals surface area (Å²) in [6.45, 7) is 0.627. The van der Waals surface area contributed by atoms with Crippen molar-refractivity contribution in [3.63, 3.8) is 0 Å². The number of nitrogens with zero attached hydrogens (tertiary/aromatic N) is 3. The number of alkyl halides is 3. The molecule has 0 fully saturated rings.